The third kappa shape index (κ3) is 91.4. The van der Waals surface area contributed by atoms with E-state index in [0.29, 0.717) is 25.7 Å². The van der Waals surface area contributed by atoms with E-state index in [9.17, 15) is 29.8 Å². The van der Waals surface area contributed by atoms with Crippen LogP contribution in [0.4, 0.5) is 0 Å². The molecule has 0 radical (unpaired) electrons. The molecule has 1 N–H and O–H groups in total. The van der Waals surface area contributed by atoms with Gasteiger partial charge < -0.3 is 14.8 Å². The number of alkyl halides is 2. The predicted molar refractivity (Wildman–Crippen MR) is 125 cm³/mol. The van der Waals surface area contributed by atoms with E-state index in [1.54, 1.807) is 0 Å². The van der Waals surface area contributed by atoms with Gasteiger partial charge in [-0.3, -0.25) is 9.59 Å². The van der Waals surface area contributed by atoms with Gasteiger partial charge in [-0.15, -0.1) is 43.4 Å². The number of carbonyl (C=O) groups is 2. The van der Waals surface area contributed by atoms with Crippen LogP contribution in [0, 0.1) is 20.2 Å². The first kappa shape index (κ1) is 38.5. The van der Waals surface area contributed by atoms with Gasteiger partial charge in [0.25, 0.3) is 10.2 Å². The molecule has 20 heteroatoms. The Hall–Kier alpha value is 0.290. The van der Waals surface area contributed by atoms with Crippen LogP contribution in [0.15, 0.2) is 0 Å². The van der Waals surface area contributed by atoms with E-state index < -0.39 is 24.8 Å². The summed E-state index contributed by atoms with van der Waals surface area (Å²) >= 11 is 39.4. The van der Waals surface area contributed by atoms with Crippen molar-refractivity contribution in [1.29, 1.82) is 0 Å². The molecule has 11 nitrogen and oxygen atoms in total. The Morgan fingerprint density at radius 3 is 1.32 bits per heavy atom. The van der Waals surface area contributed by atoms with Crippen molar-refractivity contribution in [3.8, 4) is 0 Å². The first-order valence-electron chi connectivity index (χ1n) is 7.58. The van der Waals surface area contributed by atoms with Crippen molar-refractivity contribution in [1.82, 2.24) is 0 Å². The molecule has 0 atom stereocenters. The molecule has 0 unspecified atom stereocenters. The zero-order valence-electron chi connectivity index (χ0n) is 15.4. The maximum atomic E-state index is 10.1. The van der Waals surface area contributed by atoms with Crippen LogP contribution in [-0.2, 0) is 19.3 Å². The van der Waals surface area contributed by atoms with Gasteiger partial charge >= 0.3 is 65.5 Å². The van der Waals surface area contributed by atoms with Gasteiger partial charge in [-0.05, 0) is 37.3 Å². The van der Waals surface area contributed by atoms with E-state index in [0.717, 1.165) is 0 Å². The fourth-order valence-corrected chi connectivity index (χ4v) is 1.16. The zero-order valence-corrected chi connectivity index (χ0v) is 22.4. The molecule has 0 rings (SSSR count). The van der Waals surface area contributed by atoms with Gasteiger partial charge in [0.1, 0.15) is 0 Å². The van der Waals surface area contributed by atoms with Crippen LogP contribution in [0.1, 0.15) is 38.5 Å². The van der Waals surface area contributed by atoms with Gasteiger partial charge in [-0.2, -0.15) is 0 Å². The van der Waals surface area contributed by atoms with Gasteiger partial charge in [0.15, 0.2) is 0 Å². The number of carboxylic acids is 1. The summed E-state index contributed by atoms with van der Waals surface area (Å²) in [6.07, 6.45) is 2.07. The molecule has 0 saturated carbocycles. The molecule has 0 saturated heterocycles. The molecule has 0 aliphatic rings. The van der Waals surface area contributed by atoms with Crippen molar-refractivity contribution in [2.75, 3.05) is 18.6 Å². The first-order valence-corrected chi connectivity index (χ1v) is 15.8. The normalized spacial score (nSPS) is 10.8. The third-order valence-electron chi connectivity index (χ3n) is 1.95. The summed E-state index contributed by atoms with van der Waals surface area (Å²) < 4.78 is -3.69. The van der Waals surface area contributed by atoms with E-state index in [-0.39, 0.29) is 31.4 Å². The Bertz CT molecular complexity index is 440. The number of nitrogens with zero attached hydrogens (tertiary/aromatic N) is 2. The van der Waals surface area contributed by atoms with Gasteiger partial charge in [-0.1, -0.05) is 0 Å². The quantitative estimate of drug-likeness (QED) is 0.0578. The molecule has 0 aliphatic heterocycles. The molecule has 0 aromatic heterocycles. The molecule has 188 valence electrons. The molecule has 0 heterocycles. The second kappa shape index (κ2) is 23.4. The van der Waals surface area contributed by atoms with Gasteiger partial charge in [0.05, 0.1) is 18.6 Å². The van der Waals surface area contributed by atoms with Crippen LogP contribution in [0.5, 0.6) is 0 Å². The van der Waals surface area contributed by atoms with E-state index in [1.165, 1.54) is 0 Å². The summed E-state index contributed by atoms with van der Waals surface area (Å²) in [5.74, 6) is -0.897. The molecule has 0 fully saturated rings. The third-order valence-corrected chi connectivity index (χ3v) is 2.14. The summed E-state index contributed by atoms with van der Waals surface area (Å²) in [6, 6.07) is 0. The van der Waals surface area contributed by atoms with Crippen LogP contribution < -0.4 is 0 Å². The minimum absolute atomic E-state index is 0.0250. The van der Waals surface area contributed by atoms with Crippen molar-refractivity contribution in [3.63, 3.8) is 0 Å². The van der Waals surface area contributed by atoms with Crippen LogP contribution in [-0.4, -0.2) is 45.0 Å². The molecule has 0 amide bonds. The summed E-state index contributed by atoms with van der Waals surface area (Å²) in [5, 5.41) is 25.3. The number of rotatable bonds is 12. The SMILES string of the molecule is ClCCl.ClP(Cl)(Cl)(Cl)Cl.O=C(Cl)CCCCO[N+](=O)[O-].O=C(O)CCCCO[N+](=O)[O-]. The fourth-order valence-electron chi connectivity index (χ4n) is 1.02. The van der Waals surface area contributed by atoms with Crippen molar-refractivity contribution in [3.05, 3.63) is 20.2 Å². The molecule has 31 heavy (non-hydrogen) atoms. The monoisotopic (exact) mass is 634 g/mol. The summed E-state index contributed by atoms with van der Waals surface area (Å²) in [7, 11) is 0. The van der Waals surface area contributed by atoms with Crippen molar-refractivity contribution in [2.24, 2.45) is 0 Å². The number of carbonyl (C=O) groups excluding carboxylic acids is 1. The molecule has 0 spiro atoms. The number of carboxylic acid groups (broad SMARTS) is 1. The maximum Gasteiger partial charge on any atom is 0.303 e. The van der Waals surface area contributed by atoms with E-state index in [2.05, 4.69) is 9.68 Å². The standard InChI is InChI=1S/C5H8ClNO4.C5H9NO5.CH2Cl2.Cl5P/c6-5(8)3-1-2-4-11-7(9)10;7-5(8)3-1-2-4-11-6(9)10;2-1-3;1-6(2,3,4)5/h1-4H2;1-4H2,(H,7,8);1H2;. The second-order valence-electron chi connectivity index (χ2n) is 4.52. The molecular weight excluding hydrogens is 619 g/mol. The van der Waals surface area contributed by atoms with E-state index in [4.69, 9.17) is 96.1 Å². The van der Waals surface area contributed by atoms with E-state index in [1.807, 2.05) is 0 Å². The van der Waals surface area contributed by atoms with Crippen LogP contribution in [0.2, 0.25) is 0 Å². The number of halogens is 8. The van der Waals surface area contributed by atoms with Crippen molar-refractivity contribution in [2.45, 2.75) is 38.5 Å². The van der Waals surface area contributed by atoms with Crippen molar-refractivity contribution < 1.29 is 34.5 Å². The fraction of sp³-hybridized carbons (Fsp3) is 0.818. The number of aliphatic carboxylic acids is 1. The van der Waals surface area contributed by atoms with Gasteiger partial charge in [0, 0.05) is 12.8 Å². The van der Waals surface area contributed by atoms with Gasteiger partial charge in [-0.25, -0.2) is 0 Å². The molecule has 0 aromatic carbocycles. The minimum atomic E-state index is -3.69. The number of unbranched alkanes of at least 4 members (excludes halogenated alkanes) is 2. The Balaban J connectivity index is -0.000000172. The molecular formula is C11H19Cl8N2O9P. The van der Waals surface area contributed by atoms with Crippen LogP contribution in [0.25, 0.3) is 0 Å². The summed E-state index contributed by atoms with van der Waals surface area (Å²) in [6.45, 7) is -0.00253. The Labute approximate surface area is 216 Å². The Kier molecular flexibility index (Phi) is 29.2. The average molecular weight is 638 g/mol. The average Bonchev–Trinajstić information content (AvgIpc) is 2.52. The topological polar surface area (TPSA) is 159 Å². The first-order chi connectivity index (χ1) is 13.9. The number of hydrogen-bond acceptors (Lipinski definition) is 8. The molecule has 0 aromatic rings. The van der Waals surface area contributed by atoms with E-state index >= 15 is 0 Å². The molecule has 0 bridgehead atoms. The zero-order chi connectivity index (χ0) is 25.5. The smallest absolute Gasteiger partial charge is 0.303 e. The Morgan fingerprint density at radius 2 is 1.10 bits per heavy atom. The second-order valence-corrected chi connectivity index (χ2v) is 22.4. The minimum Gasteiger partial charge on any atom is -0.481 e. The Morgan fingerprint density at radius 1 is 0.806 bits per heavy atom. The van der Waals surface area contributed by atoms with Crippen LogP contribution >= 0.6 is 94.4 Å². The summed E-state index contributed by atoms with van der Waals surface area (Å²) in [4.78, 5) is 47.1. The van der Waals surface area contributed by atoms with Gasteiger partial charge in [0.2, 0.25) is 5.24 Å². The largest absolute Gasteiger partial charge is 0.481 e. The maximum absolute atomic E-state index is 10.1. The number of hydrogen-bond donors (Lipinski definition) is 1. The van der Waals surface area contributed by atoms with Crippen molar-refractivity contribution >= 4 is 106 Å². The molecule has 0 aliphatic carbocycles. The summed E-state index contributed by atoms with van der Waals surface area (Å²) in [5.41, 5.74) is 0. The predicted octanol–water partition coefficient (Wildman–Crippen LogP) is 7.31. The van der Waals surface area contributed by atoms with Crippen LogP contribution in [0.3, 0.4) is 0 Å².